The van der Waals surface area contributed by atoms with Crippen molar-refractivity contribution >= 4 is 35.8 Å². The molecule has 180 valence electrons. The van der Waals surface area contributed by atoms with Gasteiger partial charge in [0.2, 0.25) is 5.91 Å². The van der Waals surface area contributed by atoms with E-state index >= 15 is 0 Å². The largest absolute Gasteiger partial charge is 0.376 e. The topological polar surface area (TPSA) is 75.2 Å². The van der Waals surface area contributed by atoms with Gasteiger partial charge in [-0.05, 0) is 49.8 Å². The Balaban J connectivity index is 0.00000363. The first-order chi connectivity index (χ1) is 15.1. The van der Waals surface area contributed by atoms with Crippen LogP contribution in [-0.4, -0.2) is 75.4 Å². The number of hydrogen-bond donors (Lipinski definition) is 2. The molecule has 1 aromatic carbocycles. The minimum Gasteiger partial charge on any atom is -0.376 e. The van der Waals surface area contributed by atoms with Crippen LogP contribution in [0, 0.1) is 5.82 Å². The molecular weight excluding hydrogens is 526 g/mol. The monoisotopic (exact) mass is 562 g/mol. The molecule has 0 aromatic heterocycles. The molecule has 0 radical (unpaired) electrons. The van der Waals surface area contributed by atoms with E-state index < -0.39 is 0 Å². The molecule has 1 atom stereocenters. The van der Waals surface area contributed by atoms with Gasteiger partial charge in [-0.25, -0.2) is 4.39 Å². The van der Waals surface area contributed by atoms with Crippen LogP contribution < -0.4 is 10.6 Å². The lowest BCUT2D eigenvalue weighted by atomic mass is 10.1. The first kappa shape index (κ1) is 26.8. The van der Waals surface area contributed by atoms with Gasteiger partial charge in [-0.15, -0.1) is 24.0 Å². The molecule has 9 heteroatoms. The number of carbonyl (C=O) groups is 1. The highest BCUT2D eigenvalue weighted by Gasteiger charge is 2.23. The Labute approximate surface area is 207 Å². The summed E-state index contributed by atoms with van der Waals surface area (Å²) >= 11 is 0. The van der Waals surface area contributed by atoms with Gasteiger partial charge in [-0.2, -0.15) is 0 Å². The molecule has 1 amide bonds. The molecule has 2 aliphatic rings. The lowest BCUT2D eigenvalue weighted by molar-refractivity contribution is -0.120. The average Bonchev–Trinajstić information content (AvgIpc) is 2.79. The van der Waals surface area contributed by atoms with Gasteiger partial charge in [0, 0.05) is 39.8 Å². The van der Waals surface area contributed by atoms with Gasteiger partial charge in [0.05, 0.1) is 25.2 Å². The fraction of sp³-hybridized carbons (Fsp3) is 0.652. The molecule has 2 N–H and O–H groups in total. The van der Waals surface area contributed by atoms with E-state index in [2.05, 4.69) is 20.5 Å². The van der Waals surface area contributed by atoms with E-state index in [0.29, 0.717) is 25.3 Å². The Morgan fingerprint density at radius 1 is 1.22 bits per heavy atom. The van der Waals surface area contributed by atoms with Crippen LogP contribution in [-0.2, 0) is 20.7 Å². The number of nitrogens with one attached hydrogen (secondary N) is 2. The first-order valence-electron chi connectivity index (χ1n) is 11.3. The molecule has 3 rings (SSSR count). The smallest absolute Gasteiger partial charge is 0.224 e. The Morgan fingerprint density at radius 3 is 2.69 bits per heavy atom. The van der Waals surface area contributed by atoms with Gasteiger partial charge in [-0.3, -0.25) is 9.79 Å². The summed E-state index contributed by atoms with van der Waals surface area (Å²) in [4.78, 5) is 18.6. The van der Waals surface area contributed by atoms with Crippen LogP contribution in [0.15, 0.2) is 29.3 Å². The summed E-state index contributed by atoms with van der Waals surface area (Å²) < 4.78 is 25.0. The van der Waals surface area contributed by atoms with Crippen molar-refractivity contribution < 1.29 is 18.7 Å². The van der Waals surface area contributed by atoms with Gasteiger partial charge < -0.3 is 25.0 Å². The van der Waals surface area contributed by atoms with Crippen LogP contribution in [0.25, 0.3) is 0 Å². The number of amides is 1. The van der Waals surface area contributed by atoms with Crippen molar-refractivity contribution in [3.63, 3.8) is 0 Å². The van der Waals surface area contributed by atoms with Crippen molar-refractivity contribution in [3.05, 3.63) is 35.6 Å². The molecular formula is C23H36FIN4O3. The first-order valence-corrected chi connectivity index (χ1v) is 11.3. The molecule has 32 heavy (non-hydrogen) atoms. The zero-order valence-electron chi connectivity index (χ0n) is 18.9. The summed E-state index contributed by atoms with van der Waals surface area (Å²) in [5.41, 5.74) is 0.668. The van der Waals surface area contributed by atoms with Gasteiger partial charge >= 0.3 is 0 Å². The highest BCUT2D eigenvalue weighted by atomic mass is 127. The van der Waals surface area contributed by atoms with Crippen molar-refractivity contribution in [2.75, 3.05) is 46.4 Å². The van der Waals surface area contributed by atoms with E-state index in [0.717, 1.165) is 51.3 Å². The normalized spacial score (nSPS) is 19.9. The second kappa shape index (κ2) is 14.6. The van der Waals surface area contributed by atoms with Crippen LogP contribution in [0.1, 0.15) is 37.7 Å². The Morgan fingerprint density at radius 2 is 2.00 bits per heavy atom. The van der Waals surface area contributed by atoms with E-state index in [1.807, 2.05) is 0 Å². The highest BCUT2D eigenvalue weighted by Crippen LogP contribution is 2.17. The number of aliphatic imine (C=N–C) groups is 1. The van der Waals surface area contributed by atoms with Gasteiger partial charge in [0.15, 0.2) is 5.96 Å². The second-order valence-electron chi connectivity index (χ2n) is 8.14. The molecule has 0 spiro atoms. The zero-order chi connectivity index (χ0) is 21.9. The van der Waals surface area contributed by atoms with Crippen molar-refractivity contribution in [3.8, 4) is 0 Å². The molecule has 1 aromatic rings. The maximum Gasteiger partial charge on any atom is 0.224 e. The number of ether oxygens (including phenoxy) is 2. The minimum absolute atomic E-state index is 0. The summed E-state index contributed by atoms with van der Waals surface area (Å²) in [5, 5.41) is 6.17. The molecule has 0 bridgehead atoms. The third kappa shape index (κ3) is 9.19. The maximum atomic E-state index is 13.2. The van der Waals surface area contributed by atoms with Crippen molar-refractivity contribution in [1.82, 2.24) is 15.5 Å². The SMILES string of the molecule is CN=C(NCCNC(=O)Cc1cccc(F)c1)N1CCC(OCC2CCCCO2)CC1.I. The minimum atomic E-state index is -0.327. The van der Waals surface area contributed by atoms with Crippen molar-refractivity contribution in [2.45, 2.75) is 50.7 Å². The Hall–Kier alpha value is -1.46. The fourth-order valence-electron chi connectivity index (χ4n) is 4.02. The quantitative estimate of drug-likeness (QED) is 0.221. The zero-order valence-corrected chi connectivity index (χ0v) is 21.2. The van der Waals surface area contributed by atoms with Crippen molar-refractivity contribution in [1.29, 1.82) is 0 Å². The van der Waals surface area contributed by atoms with Gasteiger partial charge in [-0.1, -0.05) is 12.1 Å². The number of likely N-dealkylation sites (tertiary alicyclic amines) is 1. The van der Waals surface area contributed by atoms with E-state index in [1.54, 1.807) is 19.2 Å². The van der Waals surface area contributed by atoms with E-state index in [9.17, 15) is 9.18 Å². The van der Waals surface area contributed by atoms with Crippen molar-refractivity contribution in [2.24, 2.45) is 4.99 Å². The van der Waals surface area contributed by atoms with Crippen LogP contribution in [0.2, 0.25) is 0 Å². The molecule has 2 fully saturated rings. The van der Waals surface area contributed by atoms with Crippen LogP contribution in [0.5, 0.6) is 0 Å². The molecule has 2 heterocycles. The lowest BCUT2D eigenvalue weighted by Crippen LogP contribution is -2.48. The van der Waals surface area contributed by atoms with Gasteiger partial charge in [0.25, 0.3) is 0 Å². The third-order valence-corrected chi connectivity index (χ3v) is 5.73. The number of halogens is 2. The second-order valence-corrected chi connectivity index (χ2v) is 8.14. The highest BCUT2D eigenvalue weighted by molar-refractivity contribution is 14.0. The predicted octanol–water partition coefficient (Wildman–Crippen LogP) is 2.73. The number of carbonyl (C=O) groups excluding carboxylic acids is 1. The standard InChI is InChI=1S/C23H35FN4O3.HI/c1-25-23(27-11-10-26-22(29)16-18-5-4-6-19(24)15-18)28-12-8-20(9-13-28)31-17-21-7-2-3-14-30-21;/h4-6,15,20-21H,2-3,7-14,16-17H2,1H3,(H,25,27)(H,26,29);1H. The number of rotatable bonds is 8. The maximum absolute atomic E-state index is 13.2. The molecule has 7 nitrogen and oxygen atoms in total. The third-order valence-electron chi connectivity index (χ3n) is 5.73. The fourth-order valence-corrected chi connectivity index (χ4v) is 4.02. The number of nitrogens with zero attached hydrogens (tertiary/aromatic N) is 2. The summed E-state index contributed by atoms with van der Waals surface area (Å²) in [6.45, 7) is 4.40. The molecule has 2 aliphatic heterocycles. The number of guanidine groups is 1. The van der Waals surface area contributed by atoms with E-state index in [4.69, 9.17) is 9.47 Å². The Bertz CT molecular complexity index is 723. The summed E-state index contributed by atoms with van der Waals surface area (Å²) in [6.07, 6.45) is 6.16. The number of benzene rings is 1. The number of piperidine rings is 1. The molecule has 2 saturated heterocycles. The Kier molecular flexibility index (Phi) is 12.3. The van der Waals surface area contributed by atoms with E-state index in [1.165, 1.54) is 18.6 Å². The van der Waals surface area contributed by atoms with Gasteiger partial charge in [0.1, 0.15) is 5.82 Å². The molecule has 0 saturated carbocycles. The van der Waals surface area contributed by atoms with E-state index in [-0.39, 0.29) is 54.3 Å². The summed E-state index contributed by atoms with van der Waals surface area (Å²) in [7, 11) is 1.77. The molecule has 1 unspecified atom stereocenters. The summed E-state index contributed by atoms with van der Waals surface area (Å²) in [6, 6.07) is 6.12. The van der Waals surface area contributed by atoms with Crippen LogP contribution in [0.3, 0.4) is 0 Å². The lowest BCUT2D eigenvalue weighted by Gasteiger charge is -2.35. The summed E-state index contributed by atoms with van der Waals surface area (Å²) in [5.74, 6) is 0.392. The predicted molar refractivity (Wildman–Crippen MR) is 134 cm³/mol. The van der Waals surface area contributed by atoms with Crippen LogP contribution in [0.4, 0.5) is 4.39 Å². The van der Waals surface area contributed by atoms with Crippen LogP contribution >= 0.6 is 24.0 Å². The molecule has 0 aliphatic carbocycles. The number of hydrogen-bond acceptors (Lipinski definition) is 4. The average molecular weight is 562 g/mol.